The van der Waals surface area contributed by atoms with Crippen molar-refractivity contribution in [3.8, 4) is 0 Å². The summed E-state index contributed by atoms with van der Waals surface area (Å²) in [4.78, 5) is 19.1. The minimum atomic E-state index is -1.26. The molecule has 1 aromatic carbocycles. The second-order valence-corrected chi connectivity index (χ2v) is 6.21. The third kappa shape index (κ3) is 9.15. The van der Waals surface area contributed by atoms with Crippen molar-refractivity contribution in [1.29, 1.82) is 0 Å². The van der Waals surface area contributed by atoms with Gasteiger partial charge in [0.25, 0.3) is 0 Å². The fraction of sp³-hybridized carbons (Fsp3) is 0.412. The lowest BCUT2D eigenvalue weighted by Crippen LogP contribution is -2.14. The van der Waals surface area contributed by atoms with Gasteiger partial charge in [0.15, 0.2) is 0 Å². The van der Waals surface area contributed by atoms with E-state index in [1.165, 1.54) is 48.8 Å². The van der Waals surface area contributed by atoms with Gasteiger partial charge in [-0.25, -0.2) is 9.59 Å². The summed E-state index contributed by atoms with van der Waals surface area (Å²) in [5, 5.41) is 19.1. The average Bonchev–Trinajstić information content (AvgIpc) is 2.77. The molecule has 3 N–H and O–H groups in total. The highest BCUT2D eigenvalue weighted by atomic mass is 79.9. The molecule has 126 valence electrons. The first kappa shape index (κ1) is 19.4. The minimum absolute atomic E-state index is 0.558. The second-order valence-electron chi connectivity index (χ2n) is 5.35. The number of hydrogen-bond acceptors (Lipinski definition) is 3. The zero-order valence-electron chi connectivity index (χ0n) is 12.9. The van der Waals surface area contributed by atoms with Gasteiger partial charge in [0.2, 0.25) is 0 Å². The summed E-state index contributed by atoms with van der Waals surface area (Å²) in [6.07, 6.45) is 6.36. The van der Waals surface area contributed by atoms with Crippen molar-refractivity contribution < 1.29 is 19.8 Å². The maximum absolute atomic E-state index is 9.55. The Balaban J connectivity index is 0.000000284. The number of nitrogens with one attached hydrogen (secondary N) is 1. The molecule has 5 nitrogen and oxygen atoms in total. The Bertz CT molecular complexity index is 521. The van der Waals surface area contributed by atoms with Crippen molar-refractivity contribution in [2.75, 3.05) is 13.1 Å². The number of carboxylic acid groups (broad SMARTS) is 2. The fourth-order valence-electron chi connectivity index (χ4n) is 2.41. The molecule has 0 aliphatic carbocycles. The van der Waals surface area contributed by atoms with Crippen molar-refractivity contribution in [3.05, 3.63) is 46.5 Å². The zero-order valence-corrected chi connectivity index (χ0v) is 14.5. The van der Waals surface area contributed by atoms with Crippen LogP contribution in [0.4, 0.5) is 0 Å². The molecule has 1 saturated heterocycles. The highest BCUT2D eigenvalue weighted by Gasteiger charge is 2.13. The van der Waals surface area contributed by atoms with Crippen molar-refractivity contribution in [3.63, 3.8) is 0 Å². The van der Waals surface area contributed by atoms with Crippen LogP contribution in [0, 0.1) is 5.92 Å². The summed E-state index contributed by atoms with van der Waals surface area (Å²) < 4.78 is 1.27. The standard InChI is InChI=1S/C13H18BrN.C4H4O4/c14-13-6-2-1-5-12(13)10-11-4-3-8-15-9-7-11;5-3(6)1-2-4(7)8/h1-2,5-6,11,15H,3-4,7-10H2;1-2H,(H,5,6)(H,7,8)/b;2-1+. The van der Waals surface area contributed by atoms with E-state index < -0.39 is 11.9 Å². The minimum Gasteiger partial charge on any atom is -0.478 e. The first-order valence-corrected chi connectivity index (χ1v) is 8.36. The summed E-state index contributed by atoms with van der Waals surface area (Å²) in [6.45, 7) is 2.39. The van der Waals surface area contributed by atoms with Crippen molar-refractivity contribution >= 4 is 27.9 Å². The lowest BCUT2D eigenvalue weighted by atomic mass is 9.93. The van der Waals surface area contributed by atoms with Gasteiger partial charge in [0.05, 0.1) is 0 Å². The Morgan fingerprint density at radius 1 is 1.13 bits per heavy atom. The molecule has 1 aromatic rings. The fourth-order valence-corrected chi connectivity index (χ4v) is 2.86. The molecule has 0 radical (unpaired) electrons. The number of benzene rings is 1. The normalized spacial score (nSPS) is 17.9. The van der Waals surface area contributed by atoms with Crippen LogP contribution in [0.5, 0.6) is 0 Å². The van der Waals surface area contributed by atoms with Crippen LogP contribution in [0.3, 0.4) is 0 Å². The molecular formula is C17H22BrNO4. The number of halogens is 1. The molecule has 1 heterocycles. The molecule has 1 atom stereocenters. The summed E-state index contributed by atoms with van der Waals surface area (Å²) in [5.41, 5.74) is 1.46. The lowest BCUT2D eigenvalue weighted by Gasteiger charge is -2.14. The van der Waals surface area contributed by atoms with Crippen LogP contribution in [0.15, 0.2) is 40.9 Å². The van der Waals surface area contributed by atoms with Gasteiger partial charge in [-0.3, -0.25) is 0 Å². The molecule has 0 amide bonds. The first-order valence-electron chi connectivity index (χ1n) is 7.57. The molecule has 6 heteroatoms. The number of carbonyl (C=O) groups is 2. The second kappa shape index (κ2) is 11.0. The highest BCUT2D eigenvalue weighted by Crippen LogP contribution is 2.24. The number of rotatable bonds is 4. The summed E-state index contributed by atoms with van der Waals surface area (Å²) >= 11 is 3.63. The Morgan fingerprint density at radius 2 is 1.78 bits per heavy atom. The van der Waals surface area contributed by atoms with E-state index in [0.717, 1.165) is 5.92 Å². The lowest BCUT2D eigenvalue weighted by molar-refractivity contribution is -0.134. The zero-order chi connectivity index (χ0) is 17.1. The molecule has 0 spiro atoms. The molecule has 2 rings (SSSR count). The SMILES string of the molecule is Brc1ccccc1CC1CCCNCC1.O=C(O)/C=C/C(=O)O. The van der Waals surface area contributed by atoms with Gasteiger partial charge in [-0.2, -0.15) is 0 Å². The van der Waals surface area contributed by atoms with Crippen LogP contribution < -0.4 is 5.32 Å². The molecule has 0 bridgehead atoms. The molecule has 23 heavy (non-hydrogen) atoms. The van der Waals surface area contributed by atoms with E-state index in [-0.39, 0.29) is 0 Å². The van der Waals surface area contributed by atoms with E-state index in [4.69, 9.17) is 10.2 Å². The predicted molar refractivity (Wildman–Crippen MR) is 92.5 cm³/mol. The predicted octanol–water partition coefficient (Wildman–Crippen LogP) is 3.09. The largest absolute Gasteiger partial charge is 0.478 e. The number of hydrogen-bond donors (Lipinski definition) is 3. The molecule has 1 unspecified atom stereocenters. The topological polar surface area (TPSA) is 86.6 Å². The van der Waals surface area contributed by atoms with E-state index in [9.17, 15) is 9.59 Å². The van der Waals surface area contributed by atoms with E-state index in [2.05, 4.69) is 45.5 Å². The Labute approximate surface area is 144 Å². The van der Waals surface area contributed by atoms with Crippen LogP contribution in [0.1, 0.15) is 24.8 Å². The smallest absolute Gasteiger partial charge is 0.328 e. The van der Waals surface area contributed by atoms with Gasteiger partial charge < -0.3 is 15.5 Å². The van der Waals surface area contributed by atoms with Gasteiger partial charge in [0, 0.05) is 16.6 Å². The average molecular weight is 384 g/mol. The summed E-state index contributed by atoms with van der Waals surface area (Å²) in [7, 11) is 0. The van der Waals surface area contributed by atoms with Gasteiger partial charge in [-0.05, 0) is 56.3 Å². The maximum atomic E-state index is 9.55. The van der Waals surface area contributed by atoms with Crippen LogP contribution >= 0.6 is 15.9 Å². The highest BCUT2D eigenvalue weighted by molar-refractivity contribution is 9.10. The van der Waals surface area contributed by atoms with Crippen molar-refractivity contribution in [1.82, 2.24) is 5.32 Å². The summed E-state index contributed by atoms with van der Waals surface area (Å²) in [6, 6.07) is 8.60. The molecule has 0 aromatic heterocycles. The quantitative estimate of drug-likeness (QED) is 0.695. The van der Waals surface area contributed by atoms with Crippen LogP contribution in [0.2, 0.25) is 0 Å². The van der Waals surface area contributed by atoms with E-state index >= 15 is 0 Å². The van der Waals surface area contributed by atoms with E-state index in [1.807, 2.05) is 0 Å². The van der Waals surface area contributed by atoms with Crippen molar-refractivity contribution in [2.45, 2.75) is 25.7 Å². The molecule has 0 saturated carbocycles. The van der Waals surface area contributed by atoms with Gasteiger partial charge in [-0.15, -0.1) is 0 Å². The van der Waals surface area contributed by atoms with Gasteiger partial charge >= 0.3 is 11.9 Å². The Kier molecular flexibility index (Phi) is 9.24. The number of carboxylic acids is 2. The Morgan fingerprint density at radius 3 is 2.39 bits per heavy atom. The third-order valence-corrected chi connectivity index (χ3v) is 4.30. The third-order valence-electron chi connectivity index (χ3n) is 3.53. The molecule has 1 aliphatic rings. The van der Waals surface area contributed by atoms with E-state index in [1.54, 1.807) is 0 Å². The van der Waals surface area contributed by atoms with Gasteiger partial charge in [0.1, 0.15) is 0 Å². The van der Waals surface area contributed by atoms with E-state index in [0.29, 0.717) is 12.2 Å². The van der Waals surface area contributed by atoms with Crippen LogP contribution in [-0.4, -0.2) is 35.2 Å². The monoisotopic (exact) mass is 383 g/mol. The summed E-state index contributed by atoms with van der Waals surface area (Å²) in [5.74, 6) is -1.65. The molecule has 1 aliphatic heterocycles. The van der Waals surface area contributed by atoms with Gasteiger partial charge in [-0.1, -0.05) is 34.1 Å². The van der Waals surface area contributed by atoms with Crippen LogP contribution in [-0.2, 0) is 16.0 Å². The first-order chi connectivity index (χ1) is 11.0. The molecule has 1 fully saturated rings. The molecular weight excluding hydrogens is 362 g/mol. The maximum Gasteiger partial charge on any atom is 0.328 e. The van der Waals surface area contributed by atoms with Crippen molar-refractivity contribution in [2.24, 2.45) is 5.92 Å². The van der Waals surface area contributed by atoms with Crippen LogP contribution in [0.25, 0.3) is 0 Å². The number of aliphatic carboxylic acids is 2. The Hall–Kier alpha value is -1.66.